The van der Waals surface area contributed by atoms with Gasteiger partial charge in [-0.2, -0.15) is 0 Å². The van der Waals surface area contributed by atoms with Crippen LogP contribution in [0.2, 0.25) is 0 Å². The van der Waals surface area contributed by atoms with E-state index in [0.29, 0.717) is 18.7 Å². The summed E-state index contributed by atoms with van der Waals surface area (Å²) in [5.41, 5.74) is 0.937. The van der Waals surface area contributed by atoms with Gasteiger partial charge in [0.1, 0.15) is 6.61 Å². The lowest BCUT2D eigenvalue weighted by molar-refractivity contribution is 0.0354. The minimum Gasteiger partial charge on any atom is -0.372 e. The standard InChI is InChI=1S/C15H27N3O2/c1-12(2)16-9-13-8-15(20-17-13)11-19-10-14-6-4-5-7-18(14)3/h8,12,14,16H,4-7,9-11H2,1-3H3. The second kappa shape index (κ2) is 7.76. The van der Waals surface area contributed by atoms with Crippen molar-refractivity contribution in [3.8, 4) is 0 Å². The highest BCUT2D eigenvalue weighted by atomic mass is 16.5. The fourth-order valence-corrected chi connectivity index (χ4v) is 2.47. The van der Waals surface area contributed by atoms with Crippen molar-refractivity contribution in [3.05, 3.63) is 17.5 Å². The lowest BCUT2D eigenvalue weighted by atomic mass is 10.0. The van der Waals surface area contributed by atoms with E-state index in [1.165, 1.54) is 25.8 Å². The van der Waals surface area contributed by atoms with Crippen LogP contribution in [-0.2, 0) is 17.9 Å². The quantitative estimate of drug-likeness (QED) is 0.830. The Balaban J connectivity index is 1.68. The first-order chi connectivity index (χ1) is 9.65. The van der Waals surface area contributed by atoms with Crippen LogP contribution >= 0.6 is 0 Å². The highest BCUT2D eigenvalue weighted by Crippen LogP contribution is 2.15. The predicted molar refractivity (Wildman–Crippen MR) is 78.4 cm³/mol. The van der Waals surface area contributed by atoms with Gasteiger partial charge in [0, 0.05) is 24.7 Å². The molecule has 0 amide bonds. The molecule has 2 rings (SSSR count). The molecule has 1 unspecified atom stereocenters. The molecule has 0 spiro atoms. The summed E-state index contributed by atoms with van der Waals surface area (Å²) in [6.45, 7) is 7.44. The molecule has 114 valence electrons. The maximum Gasteiger partial charge on any atom is 0.162 e. The molecule has 1 aliphatic rings. The fraction of sp³-hybridized carbons (Fsp3) is 0.800. The molecule has 1 N–H and O–H groups in total. The highest BCUT2D eigenvalue weighted by molar-refractivity contribution is 5.04. The van der Waals surface area contributed by atoms with Crippen molar-refractivity contribution in [2.45, 2.75) is 58.3 Å². The van der Waals surface area contributed by atoms with Gasteiger partial charge in [-0.1, -0.05) is 25.4 Å². The molecule has 5 heteroatoms. The predicted octanol–water partition coefficient (Wildman–Crippen LogP) is 2.17. The number of aromatic nitrogens is 1. The minimum absolute atomic E-state index is 0.452. The second-order valence-corrected chi connectivity index (χ2v) is 5.97. The topological polar surface area (TPSA) is 50.5 Å². The maximum atomic E-state index is 5.77. The van der Waals surface area contributed by atoms with Gasteiger partial charge in [0.2, 0.25) is 0 Å². The monoisotopic (exact) mass is 281 g/mol. The third-order valence-corrected chi connectivity index (χ3v) is 3.78. The Morgan fingerprint density at radius 1 is 1.50 bits per heavy atom. The number of nitrogens with zero attached hydrogens (tertiary/aromatic N) is 2. The molecule has 0 aliphatic carbocycles. The van der Waals surface area contributed by atoms with Crippen molar-refractivity contribution in [1.29, 1.82) is 0 Å². The first kappa shape index (κ1) is 15.5. The van der Waals surface area contributed by atoms with E-state index in [1.807, 2.05) is 6.07 Å². The van der Waals surface area contributed by atoms with Gasteiger partial charge in [-0.25, -0.2) is 0 Å². The van der Waals surface area contributed by atoms with Crippen LogP contribution in [0.15, 0.2) is 10.6 Å². The Hall–Kier alpha value is -0.910. The van der Waals surface area contributed by atoms with E-state index < -0.39 is 0 Å². The number of likely N-dealkylation sites (tertiary alicyclic amines) is 1. The molecule has 5 nitrogen and oxygen atoms in total. The van der Waals surface area contributed by atoms with Gasteiger partial charge in [0.15, 0.2) is 5.76 Å². The van der Waals surface area contributed by atoms with Gasteiger partial charge < -0.3 is 19.5 Å². The zero-order chi connectivity index (χ0) is 14.4. The van der Waals surface area contributed by atoms with Crippen LogP contribution in [-0.4, -0.2) is 42.3 Å². The molecule has 1 fully saturated rings. The first-order valence-electron chi connectivity index (χ1n) is 7.61. The molecule has 0 bridgehead atoms. The van der Waals surface area contributed by atoms with Crippen molar-refractivity contribution < 1.29 is 9.26 Å². The van der Waals surface area contributed by atoms with E-state index in [-0.39, 0.29) is 0 Å². The summed E-state index contributed by atoms with van der Waals surface area (Å²) in [5, 5.41) is 7.36. The van der Waals surface area contributed by atoms with Gasteiger partial charge >= 0.3 is 0 Å². The number of rotatable bonds is 7. The summed E-state index contributed by atoms with van der Waals surface area (Å²) >= 11 is 0. The van der Waals surface area contributed by atoms with Crippen molar-refractivity contribution in [2.75, 3.05) is 20.2 Å². The smallest absolute Gasteiger partial charge is 0.162 e. The van der Waals surface area contributed by atoms with Crippen molar-refractivity contribution >= 4 is 0 Å². The van der Waals surface area contributed by atoms with Crippen LogP contribution < -0.4 is 5.32 Å². The molecule has 1 saturated heterocycles. The Labute approximate surface area is 121 Å². The minimum atomic E-state index is 0.452. The molecule has 1 aliphatic heterocycles. The first-order valence-corrected chi connectivity index (χ1v) is 7.61. The van der Waals surface area contributed by atoms with Crippen molar-refractivity contribution in [1.82, 2.24) is 15.4 Å². The maximum absolute atomic E-state index is 5.77. The number of hydrogen-bond acceptors (Lipinski definition) is 5. The second-order valence-electron chi connectivity index (χ2n) is 5.97. The Morgan fingerprint density at radius 2 is 2.35 bits per heavy atom. The lowest BCUT2D eigenvalue weighted by Crippen LogP contribution is -2.39. The summed E-state index contributed by atoms with van der Waals surface area (Å²) in [7, 11) is 2.18. The van der Waals surface area contributed by atoms with E-state index in [9.17, 15) is 0 Å². The average Bonchev–Trinajstić information content (AvgIpc) is 2.87. The molecular formula is C15H27N3O2. The largest absolute Gasteiger partial charge is 0.372 e. The third-order valence-electron chi connectivity index (χ3n) is 3.78. The van der Waals surface area contributed by atoms with E-state index >= 15 is 0 Å². The summed E-state index contributed by atoms with van der Waals surface area (Å²) in [4.78, 5) is 2.39. The molecule has 1 atom stereocenters. The number of hydrogen-bond donors (Lipinski definition) is 1. The van der Waals surface area contributed by atoms with Crippen LogP contribution in [0.4, 0.5) is 0 Å². The third kappa shape index (κ3) is 4.89. The summed E-state index contributed by atoms with van der Waals surface area (Å²) in [6, 6.07) is 2.97. The molecule has 20 heavy (non-hydrogen) atoms. The Morgan fingerprint density at radius 3 is 3.10 bits per heavy atom. The van der Waals surface area contributed by atoms with E-state index in [1.54, 1.807) is 0 Å². The van der Waals surface area contributed by atoms with E-state index in [4.69, 9.17) is 9.26 Å². The van der Waals surface area contributed by atoms with Gasteiger partial charge in [0.25, 0.3) is 0 Å². The van der Waals surface area contributed by atoms with Crippen LogP contribution in [0.3, 0.4) is 0 Å². The zero-order valence-electron chi connectivity index (χ0n) is 12.9. The fourth-order valence-electron chi connectivity index (χ4n) is 2.47. The van der Waals surface area contributed by atoms with Gasteiger partial charge in [-0.15, -0.1) is 0 Å². The number of nitrogens with one attached hydrogen (secondary N) is 1. The molecule has 2 heterocycles. The summed E-state index contributed by atoms with van der Waals surface area (Å²) < 4.78 is 11.1. The number of likely N-dealkylation sites (N-methyl/N-ethyl adjacent to an activating group) is 1. The summed E-state index contributed by atoms with van der Waals surface area (Å²) in [5.74, 6) is 0.809. The molecule has 1 aromatic rings. The SMILES string of the molecule is CC(C)NCc1cc(COCC2CCCCN2C)on1. The Bertz CT molecular complexity index is 392. The number of piperidine rings is 1. The van der Waals surface area contributed by atoms with E-state index in [0.717, 1.165) is 24.6 Å². The van der Waals surface area contributed by atoms with Crippen LogP contribution in [0, 0.1) is 0 Å². The molecular weight excluding hydrogens is 254 g/mol. The molecule has 0 radical (unpaired) electrons. The van der Waals surface area contributed by atoms with Gasteiger partial charge in [0.05, 0.1) is 12.3 Å². The van der Waals surface area contributed by atoms with Gasteiger partial charge in [-0.3, -0.25) is 0 Å². The lowest BCUT2D eigenvalue weighted by Gasteiger charge is -2.31. The molecule has 0 aromatic carbocycles. The average molecular weight is 281 g/mol. The number of ether oxygens (including phenoxy) is 1. The van der Waals surface area contributed by atoms with Crippen molar-refractivity contribution in [3.63, 3.8) is 0 Å². The van der Waals surface area contributed by atoms with Crippen molar-refractivity contribution in [2.24, 2.45) is 0 Å². The van der Waals surface area contributed by atoms with Gasteiger partial charge in [-0.05, 0) is 26.4 Å². The summed E-state index contributed by atoms with van der Waals surface area (Å²) in [6.07, 6.45) is 3.85. The van der Waals surface area contributed by atoms with Crippen LogP contribution in [0.1, 0.15) is 44.6 Å². The Kier molecular flexibility index (Phi) is 6.01. The van der Waals surface area contributed by atoms with Crippen LogP contribution in [0.5, 0.6) is 0 Å². The molecule has 1 aromatic heterocycles. The normalized spacial score (nSPS) is 20.7. The molecule has 0 saturated carbocycles. The van der Waals surface area contributed by atoms with E-state index in [2.05, 4.69) is 36.3 Å². The zero-order valence-corrected chi connectivity index (χ0v) is 12.9. The van der Waals surface area contributed by atoms with Crippen LogP contribution in [0.25, 0.3) is 0 Å². The highest BCUT2D eigenvalue weighted by Gasteiger charge is 2.18.